The molecule has 0 bridgehead atoms. The first-order chi connectivity index (χ1) is 11.4. The highest BCUT2D eigenvalue weighted by molar-refractivity contribution is 5.93. The van der Waals surface area contributed by atoms with E-state index >= 15 is 0 Å². The number of hydrogen-bond donors (Lipinski definition) is 1. The van der Waals surface area contributed by atoms with Crippen molar-refractivity contribution in [2.75, 3.05) is 0 Å². The van der Waals surface area contributed by atoms with E-state index in [4.69, 9.17) is 9.15 Å². The molecule has 0 amide bonds. The van der Waals surface area contributed by atoms with E-state index in [1.807, 2.05) is 6.07 Å². The minimum Gasteiger partial charge on any atom is -0.472 e. The lowest BCUT2D eigenvalue weighted by molar-refractivity contribution is -0.150. The molecule has 130 valence electrons. The Morgan fingerprint density at radius 3 is 2.92 bits per heavy atom. The molecule has 0 unspecified atom stereocenters. The predicted octanol–water partition coefficient (Wildman–Crippen LogP) is 4.02. The monoisotopic (exact) mass is 330 g/mol. The summed E-state index contributed by atoms with van der Waals surface area (Å²) in [7, 11) is 0. The SMILES string of the molecule is C[C@H]1C[C@H]2OC(=O)C3=CCC[C@@H]([C@]1(C)C[C@H](O)c1ccoc1)[C@]32C. The molecule has 0 aromatic carbocycles. The van der Waals surface area contributed by atoms with Crippen molar-refractivity contribution in [3.05, 3.63) is 35.8 Å². The van der Waals surface area contributed by atoms with Gasteiger partial charge in [-0.25, -0.2) is 4.79 Å². The first-order valence-electron chi connectivity index (χ1n) is 8.99. The molecular weight excluding hydrogens is 304 g/mol. The molecule has 6 atom stereocenters. The van der Waals surface area contributed by atoms with Gasteiger partial charge in [-0.05, 0) is 49.0 Å². The van der Waals surface area contributed by atoms with Crippen LogP contribution >= 0.6 is 0 Å². The maximum Gasteiger partial charge on any atom is 0.334 e. The van der Waals surface area contributed by atoms with Gasteiger partial charge in [0.15, 0.2) is 0 Å². The zero-order valence-corrected chi connectivity index (χ0v) is 14.6. The second-order valence-electron chi connectivity index (χ2n) is 8.34. The van der Waals surface area contributed by atoms with Crippen molar-refractivity contribution in [3.63, 3.8) is 0 Å². The number of carbonyl (C=O) groups is 1. The molecule has 3 aliphatic rings. The molecule has 4 nitrogen and oxygen atoms in total. The van der Waals surface area contributed by atoms with Crippen LogP contribution in [0.2, 0.25) is 0 Å². The zero-order chi connectivity index (χ0) is 17.1. The van der Waals surface area contributed by atoms with Crippen LogP contribution in [0.4, 0.5) is 0 Å². The molecule has 1 saturated carbocycles. The Hall–Kier alpha value is -1.55. The Kier molecular flexibility index (Phi) is 3.47. The van der Waals surface area contributed by atoms with Gasteiger partial charge >= 0.3 is 5.97 Å². The summed E-state index contributed by atoms with van der Waals surface area (Å²) in [5, 5.41) is 10.7. The lowest BCUT2D eigenvalue weighted by Crippen LogP contribution is -2.55. The van der Waals surface area contributed by atoms with Gasteiger partial charge in [0, 0.05) is 16.6 Å². The highest BCUT2D eigenvalue weighted by atomic mass is 16.6. The van der Waals surface area contributed by atoms with E-state index in [9.17, 15) is 9.90 Å². The summed E-state index contributed by atoms with van der Waals surface area (Å²) in [5.74, 6) is 0.596. The third kappa shape index (κ3) is 1.98. The Bertz CT molecular complexity index is 676. The van der Waals surface area contributed by atoms with Crippen LogP contribution in [-0.4, -0.2) is 17.2 Å². The number of aliphatic hydroxyl groups excluding tert-OH is 1. The van der Waals surface area contributed by atoms with Crippen molar-refractivity contribution in [1.82, 2.24) is 0 Å². The van der Waals surface area contributed by atoms with E-state index < -0.39 is 6.10 Å². The lowest BCUT2D eigenvalue weighted by Gasteiger charge is -2.57. The van der Waals surface area contributed by atoms with Crippen molar-refractivity contribution < 1.29 is 19.1 Å². The molecule has 1 saturated heterocycles. The van der Waals surface area contributed by atoms with Gasteiger partial charge in [-0.15, -0.1) is 0 Å². The van der Waals surface area contributed by atoms with Crippen LogP contribution in [0.25, 0.3) is 0 Å². The van der Waals surface area contributed by atoms with Crippen LogP contribution in [0.5, 0.6) is 0 Å². The number of allylic oxidation sites excluding steroid dienone is 1. The molecule has 4 rings (SSSR count). The Morgan fingerprint density at radius 1 is 1.42 bits per heavy atom. The van der Waals surface area contributed by atoms with Gasteiger partial charge in [0.05, 0.1) is 18.6 Å². The van der Waals surface area contributed by atoms with Crippen LogP contribution in [0.15, 0.2) is 34.7 Å². The molecule has 2 aliphatic carbocycles. The van der Waals surface area contributed by atoms with Gasteiger partial charge in [-0.2, -0.15) is 0 Å². The molecule has 1 N–H and O–H groups in total. The number of hydrogen-bond acceptors (Lipinski definition) is 4. The van der Waals surface area contributed by atoms with E-state index in [1.165, 1.54) is 0 Å². The van der Waals surface area contributed by atoms with Crippen molar-refractivity contribution in [2.24, 2.45) is 22.7 Å². The number of aliphatic hydroxyl groups is 1. The number of carbonyl (C=O) groups excluding carboxylic acids is 1. The summed E-state index contributed by atoms with van der Waals surface area (Å²) in [4.78, 5) is 12.3. The predicted molar refractivity (Wildman–Crippen MR) is 89.0 cm³/mol. The Morgan fingerprint density at radius 2 is 2.21 bits per heavy atom. The summed E-state index contributed by atoms with van der Waals surface area (Å²) < 4.78 is 10.9. The topological polar surface area (TPSA) is 59.7 Å². The second kappa shape index (κ2) is 5.22. The molecular formula is C20H26O4. The molecule has 4 heteroatoms. The summed E-state index contributed by atoms with van der Waals surface area (Å²) >= 11 is 0. The van der Waals surface area contributed by atoms with Crippen molar-refractivity contribution in [3.8, 4) is 0 Å². The first kappa shape index (κ1) is 15.9. The summed E-state index contributed by atoms with van der Waals surface area (Å²) in [6, 6.07) is 1.83. The maximum atomic E-state index is 12.3. The van der Waals surface area contributed by atoms with E-state index in [0.717, 1.165) is 30.4 Å². The number of rotatable bonds is 3. The van der Waals surface area contributed by atoms with E-state index in [1.54, 1.807) is 12.5 Å². The van der Waals surface area contributed by atoms with Gasteiger partial charge in [0.1, 0.15) is 6.10 Å². The summed E-state index contributed by atoms with van der Waals surface area (Å²) in [5.41, 5.74) is 1.45. The van der Waals surface area contributed by atoms with E-state index in [-0.39, 0.29) is 22.9 Å². The molecule has 2 heterocycles. The standard InChI is InChI=1S/C20H26O4/c1-12-9-17-20(3)14(18(22)24-17)5-4-6-16(20)19(12,2)10-15(21)13-7-8-23-11-13/h5,7-8,11-12,15-17,21H,4,6,9-10H2,1-3H3/t12-,15-,16-,17+,19+,20-/m0/s1. The van der Waals surface area contributed by atoms with Crippen molar-refractivity contribution >= 4 is 5.97 Å². The minimum atomic E-state index is -0.538. The van der Waals surface area contributed by atoms with Crippen LogP contribution in [-0.2, 0) is 9.53 Å². The summed E-state index contributed by atoms with van der Waals surface area (Å²) in [6.45, 7) is 6.73. The van der Waals surface area contributed by atoms with Crippen LogP contribution in [0, 0.1) is 22.7 Å². The first-order valence-corrected chi connectivity index (χ1v) is 8.99. The van der Waals surface area contributed by atoms with Crippen molar-refractivity contribution in [1.29, 1.82) is 0 Å². The fourth-order valence-electron chi connectivity index (χ4n) is 5.70. The maximum absolute atomic E-state index is 12.3. The molecule has 1 aliphatic heterocycles. The average Bonchev–Trinajstić information content (AvgIpc) is 3.14. The van der Waals surface area contributed by atoms with Gasteiger partial charge in [-0.1, -0.05) is 26.8 Å². The number of esters is 1. The Labute approximate surface area is 142 Å². The fourth-order valence-corrected chi connectivity index (χ4v) is 5.70. The highest BCUT2D eigenvalue weighted by Crippen LogP contribution is 2.65. The molecule has 0 radical (unpaired) electrons. The molecule has 24 heavy (non-hydrogen) atoms. The van der Waals surface area contributed by atoms with Gasteiger partial charge in [-0.3, -0.25) is 0 Å². The number of furan rings is 1. The Balaban J connectivity index is 1.71. The molecule has 1 aromatic heterocycles. The number of ether oxygens (including phenoxy) is 1. The van der Waals surface area contributed by atoms with Gasteiger partial charge in [0.2, 0.25) is 0 Å². The molecule has 0 spiro atoms. The van der Waals surface area contributed by atoms with Gasteiger partial charge in [0.25, 0.3) is 0 Å². The summed E-state index contributed by atoms with van der Waals surface area (Å²) in [6.07, 6.45) is 8.27. The normalized spacial score (nSPS) is 42.2. The smallest absolute Gasteiger partial charge is 0.334 e. The van der Waals surface area contributed by atoms with Crippen LogP contribution in [0.1, 0.15) is 58.1 Å². The average molecular weight is 330 g/mol. The molecule has 2 fully saturated rings. The van der Waals surface area contributed by atoms with E-state index in [2.05, 4.69) is 26.8 Å². The minimum absolute atomic E-state index is 0.0179. The second-order valence-corrected chi connectivity index (χ2v) is 8.34. The third-order valence-electron chi connectivity index (χ3n) is 7.30. The third-order valence-corrected chi connectivity index (χ3v) is 7.30. The quantitative estimate of drug-likeness (QED) is 0.851. The van der Waals surface area contributed by atoms with Crippen molar-refractivity contribution in [2.45, 2.75) is 58.7 Å². The largest absolute Gasteiger partial charge is 0.472 e. The van der Waals surface area contributed by atoms with Crippen LogP contribution < -0.4 is 0 Å². The zero-order valence-electron chi connectivity index (χ0n) is 14.6. The highest BCUT2D eigenvalue weighted by Gasteiger charge is 2.64. The molecule has 1 aromatic rings. The van der Waals surface area contributed by atoms with Gasteiger partial charge < -0.3 is 14.3 Å². The van der Waals surface area contributed by atoms with E-state index in [0.29, 0.717) is 18.3 Å². The lowest BCUT2D eigenvalue weighted by atomic mass is 9.46. The fraction of sp³-hybridized carbons (Fsp3) is 0.650. The van der Waals surface area contributed by atoms with Crippen LogP contribution in [0.3, 0.4) is 0 Å².